The van der Waals surface area contributed by atoms with Gasteiger partial charge in [-0.3, -0.25) is 4.90 Å². The highest BCUT2D eigenvalue weighted by Gasteiger charge is 2.10. The molecule has 0 unspecified atom stereocenters. The van der Waals surface area contributed by atoms with Crippen LogP contribution in [0.2, 0.25) is 0 Å². The molecule has 0 spiro atoms. The third-order valence-corrected chi connectivity index (χ3v) is 3.97. The van der Waals surface area contributed by atoms with Crippen molar-refractivity contribution in [3.63, 3.8) is 0 Å². The Labute approximate surface area is 102 Å². The van der Waals surface area contributed by atoms with Gasteiger partial charge in [-0.05, 0) is 30.4 Å². The average Bonchev–Trinajstić information content (AvgIpc) is 2.31. The van der Waals surface area contributed by atoms with Gasteiger partial charge in [0.05, 0.1) is 0 Å². The molecule has 2 rings (SSSR count). The lowest BCUT2D eigenvalue weighted by atomic mass is 10.1. The maximum absolute atomic E-state index is 3.39. The summed E-state index contributed by atoms with van der Waals surface area (Å²) in [6.45, 7) is 7.89. The molecule has 1 fully saturated rings. The summed E-state index contributed by atoms with van der Waals surface area (Å²) >= 11 is 1.83. The summed E-state index contributed by atoms with van der Waals surface area (Å²) in [6, 6.07) is 6.84. The van der Waals surface area contributed by atoms with E-state index in [-0.39, 0.29) is 0 Å². The molecular weight excluding hydrogens is 216 g/mol. The SMILES string of the molecule is CSc1ccc(CN2CCNCC2)cc1C. The van der Waals surface area contributed by atoms with Gasteiger partial charge in [0.25, 0.3) is 0 Å². The van der Waals surface area contributed by atoms with E-state index >= 15 is 0 Å². The third-order valence-electron chi connectivity index (χ3n) is 3.08. The van der Waals surface area contributed by atoms with Crippen LogP contribution in [0, 0.1) is 6.92 Å². The molecule has 1 aromatic carbocycles. The number of piperazine rings is 1. The zero-order valence-electron chi connectivity index (χ0n) is 10.1. The van der Waals surface area contributed by atoms with Crippen molar-refractivity contribution in [1.29, 1.82) is 0 Å². The van der Waals surface area contributed by atoms with E-state index in [1.807, 2.05) is 11.8 Å². The number of thioether (sulfide) groups is 1. The summed E-state index contributed by atoms with van der Waals surface area (Å²) in [4.78, 5) is 3.91. The molecule has 1 aliphatic rings. The lowest BCUT2D eigenvalue weighted by Gasteiger charge is -2.27. The number of nitrogens with one attached hydrogen (secondary N) is 1. The second-order valence-corrected chi connectivity index (χ2v) is 5.18. The van der Waals surface area contributed by atoms with Gasteiger partial charge < -0.3 is 5.32 Å². The van der Waals surface area contributed by atoms with E-state index in [0.717, 1.165) is 19.6 Å². The first-order valence-electron chi connectivity index (χ1n) is 5.86. The standard InChI is InChI=1S/C13H20N2S/c1-11-9-12(3-4-13(11)16-2)10-15-7-5-14-6-8-15/h3-4,9,14H,5-8,10H2,1-2H3. The van der Waals surface area contributed by atoms with Crippen LogP contribution in [0.5, 0.6) is 0 Å². The summed E-state index contributed by atoms with van der Waals surface area (Å²) in [5.41, 5.74) is 2.84. The highest BCUT2D eigenvalue weighted by atomic mass is 32.2. The van der Waals surface area contributed by atoms with Crippen molar-refractivity contribution in [2.24, 2.45) is 0 Å². The lowest BCUT2D eigenvalue weighted by Crippen LogP contribution is -2.42. The van der Waals surface area contributed by atoms with Crippen molar-refractivity contribution in [2.45, 2.75) is 18.4 Å². The van der Waals surface area contributed by atoms with Crippen LogP contribution in [0.4, 0.5) is 0 Å². The van der Waals surface area contributed by atoms with E-state index in [2.05, 4.69) is 41.6 Å². The van der Waals surface area contributed by atoms with Gasteiger partial charge in [-0.1, -0.05) is 12.1 Å². The molecule has 0 saturated carbocycles. The summed E-state index contributed by atoms with van der Waals surface area (Å²) in [5, 5.41) is 3.39. The van der Waals surface area contributed by atoms with Crippen LogP contribution in [0.1, 0.15) is 11.1 Å². The number of nitrogens with zero attached hydrogens (tertiary/aromatic N) is 1. The Hall–Kier alpha value is -0.510. The first kappa shape index (κ1) is 12.0. The number of aryl methyl sites for hydroxylation is 1. The fourth-order valence-corrected chi connectivity index (χ4v) is 2.75. The predicted molar refractivity (Wildman–Crippen MR) is 71.1 cm³/mol. The summed E-state index contributed by atoms with van der Waals surface area (Å²) < 4.78 is 0. The number of rotatable bonds is 3. The van der Waals surface area contributed by atoms with Gasteiger partial charge in [-0.25, -0.2) is 0 Å². The highest BCUT2D eigenvalue weighted by Crippen LogP contribution is 2.21. The molecule has 0 radical (unpaired) electrons. The minimum Gasteiger partial charge on any atom is -0.314 e. The van der Waals surface area contributed by atoms with Crippen LogP contribution in [0.15, 0.2) is 23.1 Å². The Morgan fingerprint density at radius 2 is 2.06 bits per heavy atom. The van der Waals surface area contributed by atoms with Crippen LogP contribution in [-0.4, -0.2) is 37.3 Å². The molecule has 0 aromatic heterocycles. The van der Waals surface area contributed by atoms with E-state index in [0.29, 0.717) is 0 Å². The van der Waals surface area contributed by atoms with Crippen molar-refractivity contribution in [2.75, 3.05) is 32.4 Å². The molecule has 16 heavy (non-hydrogen) atoms. The Bertz CT molecular complexity index is 346. The van der Waals surface area contributed by atoms with Crippen molar-refractivity contribution >= 4 is 11.8 Å². The Morgan fingerprint density at radius 3 is 2.69 bits per heavy atom. The molecule has 1 aromatic rings. The number of hydrogen-bond acceptors (Lipinski definition) is 3. The zero-order valence-corrected chi connectivity index (χ0v) is 10.9. The van der Waals surface area contributed by atoms with Crippen LogP contribution < -0.4 is 5.32 Å². The summed E-state index contributed by atoms with van der Waals surface area (Å²) in [6.07, 6.45) is 2.14. The van der Waals surface area contributed by atoms with Gasteiger partial charge >= 0.3 is 0 Å². The Balaban J connectivity index is 2.01. The molecule has 88 valence electrons. The Morgan fingerprint density at radius 1 is 1.31 bits per heavy atom. The van der Waals surface area contributed by atoms with Crippen LogP contribution in [-0.2, 0) is 6.54 Å². The second kappa shape index (κ2) is 5.71. The number of hydrogen-bond donors (Lipinski definition) is 1. The summed E-state index contributed by atoms with van der Waals surface area (Å²) in [7, 11) is 0. The van der Waals surface area contributed by atoms with Crippen LogP contribution in [0.25, 0.3) is 0 Å². The average molecular weight is 236 g/mol. The molecule has 1 saturated heterocycles. The molecular formula is C13H20N2S. The maximum atomic E-state index is 3.39. The Kier molecular flexibility index (Phi) is 4.27. The molecule has 1 N–H and O–H groups in total. The van der Waals surface area contributed by atoms with Crippen molar-refractivity contribution in [3.05, 3.63) is 29.3 Å². The van der Waals surface area contributed by atoms with E-state index in [1.54, 1.807) is 0 Å². The fourth-order valence-electron chi connectivity index (χ4n) is 2.17. The fraction of sp³-hybridized carbons (Fsp3) is 0.538. The van der Waals surface area contributed by atoms with E-state index in [4.69, 9.17) is 0 Å². The van der Waals surface area contributed by atoms with Gasteiger partial charge in [0.15, 0.2) is 0 Å². The highest BCUT2D eigenvalue weighted by molar-refractivity contribution is 7.98. The third kappa shape index (κ3) is 3.00. The van der Waals surface area contributed by atoms with Gasteiger partial charge in [0, 0.05) is 37.6 Å². The predicted octanol–water partition coefficient (Wildman–Crippen LogP) is 2.12. The van der Waals surface area contributed by atoms with E-state index in [1.165, 1.54) is 29.1 Å². The number of benzene rings is 1. The van der Waals surface area contributed by atoms with Crippen molar-refractivity contribution in [1.82, 2.24) is 10.2 Å². The lowest BCUT2D eigenvalue weighted by molar-refractivity contribution is 0.233. The first-order chi connectivity index (χ1) is 7.79. The molecule has 0 bridgehead atoms. The van der Waals surface area contributed by atoms with E-state index in [9.17, 15) is 0 Å². The zero-order chi connectivity index (χ0) is 11.4. The quantitative estimate of drug-likeness (QED) is 0.809. The van der Waals surface area contributed by atoms with Crippen LogP contribution >= 0.6 is 11.8 Å². The van der Waals surface area contributed by atoms with Gasteiger partial charge in [-0.15, -0.1) is 11.8 Å². The molecule has 0 aliphatic carbocycles. The molecule has 0 amide bonds. The van der Waals surface area contributed by atoms with Gasteiger partial charge in [0.1, 0.15) is 0 Å². The van der Waals surface area contributed by atoms with Crippen LogP contribution in [0.3, 0.4) is 0 Å². The second-order valence-electron chi connectivity index (χ2n) is 4.33. The largest absolute Gasteiger partial charge is 0.314 e. The van der Waals surface area contributed by atoms with Gasteiger partial charge in [0.2, 0.25) is 0 Å². The monoisotopic (exact) mass is 236 g/mol. The van der Waals surface area contributed by atoms with Crippen molar-refractivity contribution in [3.8, 4) is 0 Å². The maximum Gasteiger partial charge on any atom is 0.0234 e. The van der Waals surface area contributed by atoms with Gasteiger partial charge in [-0.2, -0.15) is 0 Å². The molecule has 1 heterocycles. The minimum atomic E-state index is 1.09. The molecule has 0 atom stereocenters. The normalized spacial score (nSPS) is 17.6. The summed E-state index contributed by atoms with van der Waals surface area (Å²) in [5.74, 6) is 0. The first-order valence-corrected chi connectivity index (χ1v) is 7.08. The molecule has 3 heteroatoms. The van der Waals surface area contributed by atoms with E-state index < -0.39 is 0 Å². The minimum absolute atomic E-state index is 1.09. The smallest absolute Gasteiger partial charge is 0.0234 e. The molecule has 1 aliphatic heterocycles. The topological polar surface area (TPSA) is 15.3 Å². The van der Waals surface area contributed by atoms with Crippen molar-refractivity contribution < 1.29 is 0 Å². The molecule has 2 nitrogen and oxygen atoms in total.